The minimum Gasteiger partial charge on any atom is -0.298 e. The van der Waals surface area contributed by atoms with Crippen molar-refractivity contribution < 1.29 is 0 Å². The molecule has 1 fully saturated rings. The van der Waals surface area contributed by atoms with Gasteiger partial charge >= 0.3 is 0 Å². The van der Waals surface area contributed by atoms with E-state index in [9.17, 15) is 0 Å². The van der Waals surface area contributed by atoms with Gasteiger partial charge in [0.05, 0.1) is 0 Å². The Balaban J connectivity index is 1.58. The molecule has 0 saturated carbocycles. The third-order valence-electron chi connectivity index (χ3n) is 4.57. The number of rotatable bonds is 4. The SMILES string of the molecule is CC1CCN(Cc2ccncc2)CCN1Cc1ccccc1. The van der Waals surface area contributed by atoms with E-state index in [2.05, 4.69) is 64.2 Å². The molecule has 3 heteroatoms. The van der Waals surface area contributed by atoms with Gasteiger partial charge in [-0.3, -0.25) is 14.8 Å². The van der Waals surface area contributed by atoms with Crippen LogP contribution in [-0.2, 0) is 13.1 Å². The molecule has 0 radical (unpaired) electrons. The van der Waals surface area contributed by atoms with Crippen molar-refractivity contribution in [1.82, 2.24) is 14.8 Å². The van der Waals surface area contributed by atoms with Gasteiger partial charge in [0, 0.05) is 51.2 Å². The molecule has 0 bridgehead atoms. The van der Waals surface area contributed by atoms with Crippen LogP contribution in [0.1, 0.15) is 24.5 Å². The highest BCUT2D eigenvalue weighted by Gasteiger charge is 2.20. The molecule has 1 saturated heterocycles. The van der Waals surface area contributed by atoms with E-state index in [0.717, 1.165) is 26.2 Å². The number of hydrogen-bond acceptors (Lipinski definition) is 3. The van der Waals surface area contributed by atoms with E-state index >= 15 is 0 Å². The predicted molar refractivity (Wildman–Crippen MR) is 90.4 cm³/mol. The average Bonchev–Trinajstić information content (AvgIpc) is 2.73. The smallest absolute Gasteiger partial charge is 0.0271 e. The fraction of sp³-hybridized carbons (Fsp3) is 0.421. The first-order valence-electron chi connectivity index (χ1n) is 8.20. The number of pyridine rings is 1. The van der Waals surface area contributed by atoms with Crippen molar-refractivity contribution in [1.29, 1.82) is 0 Å². The maximum atomic E-state index is 4.10. The summed E-state index contributed by atoms with van der Waals surface area (Å²) >= 11 is 0. The van der Waals surface area contributed by atoms with Gasteiger partial charge in [0.1, 0.15) is 0 Å². The molecule has 22 heavy (non-hydrogen) atoms. The summed E-state index contributed by atoms with van der Waals surface area (Å²) in [4.78, 5) is 9.28. The highest BCUT2D eigenvalue weighted by atomic mass is 15.2. The van der Waals surface area contributed by atoms with E-state index in [-0.39, 0.29) is 0 Å². The summed E-state index contributed by atoms with van der Waals surface area (Å²) in [5, 5.41) is 0. The third-order valence-corrected chi connectivity index (χ3v) is 4.57. The first-order valence-corrected chi connectivity index (χ1v) is 8.20. The summed E-state index contributed by atoms with van der Waals surface area (Å²) in [6.45, 7) is 7.91. The molecule has 0 amide bonds. The minimum absolute atomic E-state index is 0.641. The first kappa shape index (κ1) is 15.2. The predicted octanol–water partition coefficient (Wildman–Crippen LogP) is 3.18. The second-order valence-corrected chi connectivity index (χ2v) is 6.23. The zero-order valence-corrected chi connectivity index (χ0v) is 13.4. The Morgan fingerprint density at radius 3 is 2.41 bits per heavy atom. The molecule has 1 aromatic heterocycles. The highest BCUT2D eigenvalue weighted by molar-refractivity contribution is 5.14. The molecule has 0 spiro atoms. The van der Waals surface area contributed by atoms with E-state index in [1.54, 1.807) is 0 Å². The van der Waals surface area contributed by atoms with Crippen molar-refractivity contribution in [3.8, 4) is 0 Å². The quantitative estimate of drug-likeness (QED) is 0.863. The molecular formula is C19H25N3. The Bertz CT molecular complexity index is 555. The lowest BCUT2D eigenvalue weighted by molar-refractivity contribution is 0.205. The van der Waals surface area contributed by atoms with Crippen molar-refractivity contribution >= 4 is 0 Å². The van der Waals surface area contributed by atoms with Gasteiger partial charge in [-0.15, -0.1) is 0 Å². The number of aromatic nitrogens is 1. The van der Waals surface area contributed by atoms with Crippen LogP contribution in [0.2, 0.25) is 0 Å². The molecule has 116 valence electrons. The molecule has 0 aliphatic carbocycles. The van der Waals surface area contributed by atoms with Crippen molar-refractivity contribution in [2.75, 3.05) is 19.6 Å². The van der Waals surface area contributed by atoms with Crippen LogP contribution in [0, 0.1) is 0 Å². The van der Waals surface area contributed by atoms with Crippen molar-refractivity contribution in [2.45, 2.75) is 32.5 Å². The van der Waals surface area contributed by atoms with Crippen LogP contribution in [0.15, 0.2) is 54.9 Å². The van der Waals surface area contributed by atoms with Crippen LogP contribution < -0.4 is 0 Å². The topological polar surface area (TPSA) is 19.4 Å². The summed E-state index contributed by atoms with van der Waals surface area (Å²) in [7, 11) is 0. The Labute approximate surface area is 133 Å². The van der Waals surface area contributed by atoms with Crippen LogP contribution in [0.5, 0.6) is 0 Å². The molecule has 1 atom stereocenters. The maximum Gasteiger partial charge on any atom is 0.0271 e. The molecule has 2 heterocycles. The van der Waals surface area contributed by atoms with Crippen LogP contribution in [0.4, 0.5) is 0 Å². The van der Waals surface area contributed by atoms with Gasteiger partial charge in [-0.05, 0) is 36.6 Å². The molecular weight excluding hydrogens is 270 g/mol. The van der Waals surface area contributed by atoms with Crippen LogP contribution in [0.25, 0.3) is 0 Å². The van der Waals surface area contributed by atoms with Gasteiger partial charge in [0.2, 0.25) is 0 Å². The van der Waals surface area contributed by atoms with Gasteiger partial charge in [-0.2, -0.15) is 0 Å². The largest absolute Gasteiger partial charge is 0.298 e. The van der Waals surface area contributed by atoms with Gasteiger partial charge in [0.25, 0.3) is 0 Å². The third kappa shape index (κ3) is 4.15. The molecule has 0 N–H and O–H groups in total. The fourth-order valence-electron chi connectivity index (χ4n) is 3.11. The molecule has 1 aliphatic rings. The summed E-state index contributed by atoms with van der Waals surface area (Å²) in [6.07, 6.45) is 5.01. The highest BCUT2D eigenvalue weighted by Crippen LogP contribution is 2.16. The zero-order valence-electron chi connectivity index (χ0n) is 13.4. The molecule has 1 unspecified atom stereocenters. The molecule has 3 rings (SSSR count). The molecule has 2 aromatic rings. The second kappa shape index (κ2) is 7.52. The van der Waals surface area contributed by atoms with E-state index in [1.165, 1.54) is 24.1 Å². The Morgan fingerprint density at radius 2 is 1.64 bits per heavy atom. The molecule has 3 nitrogen and oxygen atoms in total. The zero-order chi connectivity index (χ0) is 15.2. The van der Waals surface area contributed by atoms with Crippen LogP contribution in [-0.4, -0.2) is 40.5 Å². The lowest BCUT2D eigenvalue weighted by Gasteiger charge is -2.26. The standard InChI is InChI=1S/C19H25N3/c1-17-9-12-21(15-19-7-10-20-11-8-19)13-14-22(17)16-18-5-3-2-4-6-18/h2-8,10-11,17H,9,12-16H2,1H3. The van der Waals surface area contributed by atoms with Crippen LogP contribution in [0.3, 0.4) is 0 Å². The number of hydrogen-bond donors (Lipinski definition) is 0. The minimum atomic E-state index is 0.641. The molecule has 1 aliphatic heterocycles. The lowest BCUT2D eigenvalue weighted by atomic mass is 10.1. The second-order valence-electron chi connectivity index (χ2n) is 6.23. The van der Waals surface area contributed by atoms with E-state index < -0.39 is 0 Å². The Kier molecular flexibility index (Phi) is 5.20. The fourth-order valence-corrected chi connectivity index (χ4v) is 3.11. The van der Waals surface area contributed by atoms with Crippen molar-refractivity contribution in [3.63, 3.8) is 0 Å². The monoisotopic (exact) mass is 295 g/mol. The van der Waals surface area contributed by atoms with E-state index in [0.29, 0.717) is 6.04 Å². The van der Waals surface area contributed by atoms with Crippen molar-refractivity contribution in [3.05, 3.63) is 66.0 Å². The normalized spacial score (nSPS) is 20.7. The number of benzene rings is 1. The lowest BCUT2D eigenvalue weighted by Crippen LogP contribution is -2.34. The maximum absolute atomic E-state index is 4.10. The van der Waals surface area contributed by atoms with Gasteiger partial charge in [-0.25, -0.2) is 0 Å². The van der Waals surface area contributed by atoms with Crippen LogP contribution >= 0.6 is 0 Å². The number of nitrogens with zero attached hydrogens (tertiary/aromatic N) is 3. The van der Waals surface area contributed by atoms with Gasteiger partial charge in [-0.1, -0.05) is 30.3 Å². The molecule has 1 aromatic carbocycles. The van der Waals surface area contributed by atoms with E-state index in [4.69, 9.17) is 0 Å². The van der Waals surface area contributed by atoms with E-state index in [1.807, 2.05) is 12.4 Å². The summed E-state index contributed by atoms with van der Waals surface area (Å²) in [5.41, 5.74) is 2.77. The van der Waals surface area contributed by atoms with Gasteiger partial charge < -0.3 is 0 Å². The first-order chi connectivity index (χ1) is 10.8. The Hall–Kier alpha value is -1.71. The van der Waals surface area contributed by atoms with Crippen molar-refractivity contribution in [2.24, 2.45) is 0 Å². The summed E-state index contributed by atoms with van der Waals surface area (Å²) in [5.74, 6) is 0. The Morgan fingerprint density at radius 1 is 0.909 bits per heavy atom. The summed E-state index contributed by atoms with van der Waals surface area (Å²) < 4.78 is 0. The van der Waals surface area contributed by atoms with Gasteiger partial charge in [0.15, 0.2) is 0 Å². The average molecular weight is 295 g/mol. The summed E-state index contributed by atoms with van der Waals surface area (Å²) in [6, 6.07) is 15.7.